The van der Waals surface area contributed by atoms with E-state index in [2.05, 4.69) is 10.3 Å². The lowest BCUT2D eigenvalue weighted by atomic mass is 9.92. The van der Waals surface area contributed by atoms with E-state index in [1.165, 1.54) is 11.3 Å². The number of aromatic nitrogens is 1. The summed E-state index contributed by atoms with van der Waals surface area (Å²) in [5, 5.41) is 5.18. The molecule has 0 radical (unpaired) electrons. The third kappa shape index (κ3) is 4.20. The highest BCUT2D eigenvalue weighted by Gasteiger charge is 2.35. The van der Waals surface area contributed by atoms with Gasteiger partial charge in [0.15, 0.2) is 0 Å². The fraction of sp³-hybridized carbons (Fsp3) is 0.714. The average molecular weight is 317 g/mol. The van der Waals surface area contributed by atoms with Crippen molar-refractivity contribution in [2.45, 2.75) is 57.5 Å². The van der Waals surface area contributed by atoms with Crippen molar-refractivity contribution in [3.63, 3.8) is 0 Å². The van der Waals surface area contributed by atoms with Gasteiger partial charge < -0.3 is 11.1 Å². The van der Waals surface area contributed by atoms with E-state index < -0.39 is 5.92 Å². The minimum atomic E-state index is -2.58. The first-order chi connectivity index (χ1) is 9.78. The lowest BCUT2D eigenvalue weighted by Gasteiger charge is -2.28. The molecule has 1 amide bonds. The summed E-state index contributed by atoms with van der Waals surface area (Å²) in [6, 6.07) is -0.383. The lowest BCUT2D eigenvalue weighted by molar-refractivity contribution is -0.0399. The van der Waals surface area contributed by atoms with Crippen LogP contribution in [-0.4, -0.2) is 22.9 Å². The van der Waals surface area contributed by atoms with Gasteiger partial charge in [-0.1, -0.05) is 13.8 Å². The predicted octanol–water partition coefficient (Wildman–Crippen LogP) is 3.11. The quantitative estimate of drug-likeness (QED) is 0.896. The number of hydrogen-bond acceptors (Lipinski definition) is 4. The van der Waals surface area contributed by atoms with Gasteiger partial charge in [-0.3, -0.25) is 4.79 Å². The molecule has 4 nitrogen and oxygen atoms in total. The highest BCUT2D eigenvalue weighted by atomic mass is 32.1. The molecular weight excluding hydrogens is 296 g/mol. The van der Waals surface area contributed by atoms with Crippen molar-refractivity contribution in [1.82, 2.24) is 10.3 Å². The van der Waals surface area contributed by atoms with Crippen molar-refractivity contribution in [3.8, 4) is 0 Å². The van der Waals surface area contributed by atoms with Gasteiger partial charge in [-0.15, -0.1) is 11.3 Å². The van der Waals surface area contributed by atoms with Crippen LogP contribution in [-0.2, 0) is 0 Å². The Morgan fingerprint density at radius 2 is 2.10 bits per heavy atom. The van der Waals surface area contributed by atoms with Crippen LogP contribution in [0.1, 0.15) is 61.1 Å². The molecule has 1 aromatic heterocycles. The van der Waals surface area contributed by atoms with E-state index in [-0.39, 0.29) is 36.8 Å². The minimum absolute atomic E-state index is 0.168. The molecule has 0 bridgehead atoms. The summed E-state index contributed by atoms with van der Waals surface area (Å²) in [7, 11) is 0. The molecule has 1 heterocycles. The molecule has 3 N–H and O–H groups in total. The molecule has 1 atom stereocenters. The van der Waals surface area contributed by atoms with Gasteiger partial charge in [0.25, 0.3) is 5.91 Å². The Kier molecular flexibility index (Phi) is 4.93. The van der Waals surface area contributed by atoms with Gasteiger partial charge in [0.2, 0.25) is 5.92 Å². The number of halogens is 2. The molecule has 1 unspecified atom stereocenters. The van der Waals surface area contributed by atoms with Crippen LogP contribution in [0, 0.1) is 5.92 Å². The SMILES string of the molecule is CC(C)C(N)c1nc(C(=O)NC2CCC(F)(F)CC2)cs1. The van der Waals surface area contributed by atoms with Crippen LogP contribution in [0.25, 0.3) is 0 Å². The van der Waals surface area contributed by atoms with Gasteiger partial charge in [-0.05, 0) is 18.8 Å². The second kappa shape index (κ2) is 6.36. The molecule has 7 heteroatoms. The van der Waals surface area contributed by atoms with Crippen molar-refractivity contribution in [2.24, 2.45) is 11.7 Å². The largest absolute Gasteiger partial charge is 0.348 e. The maximum Gasteiger partial charge on any atom is 0.270 e. The molecule has 0 aromatic carbocycles. The summed E-state index contributed by atoms with van der Waals surface area (Å²) in [6.07, 6.45) is 0.277. The second-order valence-electron chi connectivity index (χ2n) is 5.94. The van der Waals surface area contributed by atoms with Crippen molar-refractivity contribution in [2.75, 3.05) is 0 Å². The predicted molar refractivity (Wildman–Crippen MR) is 78.5 cm³/mol. The van der Waals surface area contributed by atoms with Gasteiger partial charge >= 0.3 is 0 Å². The molecule has 21 heavy (non-hydrogen) atoms. The van der Waals surface area contributed by atoms with Gasteiger partial charge in [0.05, 0.1) is 6.04 Å². The zero-order valence-corrected chi connectivity index (χ0v) is 13.1. The van der Waals surface area contributed by atoms with Crippen molar-refractivity contribution >= 4 is 17.2 Å². The monoisotopic (exact) mass is 317 g/mol. The molecule has 1 aliphatic carbocycles. The summed E-state index contributed by atoms with van der Waals surface area (Å²) in [5.41, 5.74) is 6.32. The van der Waals surface area contributed by atoms with Gasteiger partial charge in [-0.25, -0.2) is 13.8 Å². The number of hydrogen-bond donors (Lipinski definition) is 2. The molecule has 0 spiro atoms. The zero-order chi connectivity index (χ0) is 15.6. The number of amides is 1. The highest BCUT2D eigenvalue weighted by molar-refractivity contribution is 7.09. The van der Waals surface area contributed by atoms with Crippen LogP contribution in [0.5, 0.6) is 0 Å². The van der Waals surface area contributed by atoms with Crippen LogP contribution >= 0.6 is 11.3 Å². The van der Waals surface area contributed by atoms with E-state index in [9.17, 15) is 13.6 Å². The van der Waals surface area contributed by atoms with Crippen LogP contribution in [0.3, 0.4) is 0 Å². The molecule has 118 valence electrons. The fourth-order valence-electron chi connectivity index (χ4n) is 2.27. The standard InChI is InChI=1S/C14H21F2N3OS/c1-8(2)11(17)13-19-10(7-21-13)12(20)18-9-3-5-14(15,16)6-4-9/h7-9,11H,3-6,17H2,1-2H3,(H,18,20). The molecule has 1 fully saturated rings. The number of carbonyl (C=O) groups excluding carboxylic acids is 1. The maximum atomic E-state index is 13.1. The number of nitrogens with two attached hydrogens (primary N) is 1. The summed E-state index contributed by atoms with van der Waals surface area (Å²) < 4.78 is 26.1. The van der Waals surface area contributed by atoms with E-state index in [0.717, 1.165) is 5.01 Å². The van der Waals surface area contributed by atoms with E-state index in [1.807, 2.05) is 13.8 Å². The minimum Gasteiger partial charge on any atom is -0.348 e. The van der Waals surface area contributed by atoms with Gasteiger partial charge in [-0.2, -0.15) is 0 Å². The van der Waals surface area contributed by atoms with Crippen LogP contribution in [0.2, 0.25) is 0 Å². The number of carbonyl (C=O) groups is 1. The first kappa shape index (κ1) is 16.3. The average Bonchev–Trinajstić information content (AvgIpc) is 2.90. The van der Waals surface area contributed by atoms with Crippen molar-refractivity contribution in [1.29, 1.82) is 0 Å². The Morgan fingerprint density at radius 1 is 1.48 bits per heavy atom. The van der Waals surface area contributed by atoms with E-state index in [0.29, 0.717) is 18.5 Å². The van der Waals surface area contributed by atoms with Gasteiger partial charge in [0, 0.05) is 24.3 Å². The third-order valence-corrected chi connectivity index (χ3v) is 4.76. The highest BCUT2D eigenvalue weighted by Crippen LogP contribution is 2.33. The van der Waals surface area contributed by atoms with E-state index >= 15 is 0 Å². The lowest BCUT2D eigenvalue weighted by Crippen LogP contribution is -2.40. The summed E-state index contributed by atoms with van der Waals surface area (Å²) in [4.78, 5) is 16.3. The summed E-state index contributed by atoms with van der Waals surface area (Å²) in [5.74, 6) is -2.64. The van der Waals surface area contributed by atoms with E-state index in [1.54, 1.807) is 5.38 Å². The number of nitrogens with zero attached hydrogens (tertiary/aromatic N) is 1. The Bertz CT molecular complexity index is 494. The molecule has 1 aliphatic rings. The number of rotatable bonds is 4. The maximum absolute atomic E-state index is 13.1. The Balaban J connectivity index is 1.92. The number of alkyl halides is 2. The van der Waals surface area contributed by atoms with Crippen LogP contribution in [0.4, 0.5) is 8.78 Å². The molecule has 0 aliphatic heterocycles. The molecular formula is C14H21F2N3OS. The molecule has 2 rings (SSSR count). The normalized spacial score (nSPS) is 20.5. The van der Waals surface area contributed by atoms with Crippen LogP contribution in [0.15, 0.2) is 5.38 Å². The van der Waals surface area contributed by atoms with Crippen molar-refractivity contribution in [3.05, 3.63) is 16.1 Å². The Morgan fingerprint density at radius 3 is 2.67 bits per heavy atom. The van der Waals surface area contributed by atoms with Gasteiger partial charge in [0.1, 0.15) is 10.7 Å². The molecule has 1 saturated carbocycles. The summed E-state index contributed by atoms with van der Waals surface area (Å²) in [6.45, 7) is 3.99. The number of thiazole rings is 1. The molecule has 1 aromatic rings. The first-order valence-corrected chi connectivity index (χ1v) is 8.06. The van der Waals surface area contributed by atoms with Crippen LogP contribution < -0.4 is 11.1 Å². The fourth-order valence-corrected chi connectivity index (χ4v) is 3.25. The first-order valence-electron chi connectivity index (χ1n) is 7.18. The Hall–Kier alpha value is -1.08. The zero-order valence-electron chi connectivity index (χ0n) is 12.2. The second-order valence-corrected chi connectivity index (χ2v) is 6.83. The topological polar surface area (TPSA) is 68.0 Å². The van der Waals surface area contributed by atoms with Crippen molar-refractivity contribution < 1.29 is 13.6 Å². The Labute approximate surface area is 127 Å². The summed E-state index contributed by atoms with van der Waals surface area (Å²) >= 11 is 1.36. The third-order valence-electron chi connectivity index (χ3n) is 3.81. The van der Waals surface area contributed by atoms with E-state index in [4.69, 9.17) is 5.73 Å². The number of nitrogens with one attached hydrogen (secondary N) is 1. The molecule has 0 saturated heterocycles. The smallest absolute Gasteiger partial charge is 0.270 e.